The molecule has 0 fully saturated rings. The van der Waals surface area contributed by atoms with E-state index in [1.807, 2.05) is 43.4 Å². The Balaban J connectivity index is 1.77. The standard InChI is InChI=1S/C29H48O6S/c1-2-30-27-28-13-15-29(16-14-28)35-19-11-10-18-32-21-23-34-25-24-33-22-20-31-17-9-7-5-3-4-6-8-12-26-36/h10-11,13-16,36H,2-9,12,17-26H2,1H3/b11-10+. The van der Waals surface area contributed by atoms with Gasteiger partial charge in [0.25, 0.3) is 6.61 Å². The van der Waals surface area contributed by atoms with Gasteiger partial charge in [0, 0.05) is 18.9 Å². The maximum atomic E-state index is 5.65. The zero-order chi connectivity index (χ0) is 25.8. The van der Waals surface area contributed by atoms with Gasteiger partial charge in [0.2, 0.25) is 0 Å². The summed E-state index contributed by atoms with van der Waals surface area (Å²) in [5.41, 5.74) is 0.897. The molecule has 6 nitrogen and oxygen atoms in total. The van der Waals surface area contributed by atoms with Crippen LogP contribution in [0.3, 0.4) is 0 Å². The van der Waals surface area contributed by atoms with E-state index in [1.165, 1.54) is 44.9 Å². The predicted molar refractivity (Wildman–Crippen MR) is 150 cm³/mol. The highest BCUT2D eigenvalue weighted by Gasteiger charge is 2.01. The first kappa shape index (κ1) is 32.6. The summed E-state index contributed by atoms with van der Waals surface area (Å²) in [4.78, 5) is 0. The fourth-order valence-corrected chi connectivity index (χ4v) is 3.47. The predicted octanol–water partition coefficient (Wildman–Crippen LogP) is 5.61. The number of thiol groups is 1. The number of rotatable bonds is 25. The number of ketones is 1. The van der Waals surface area contributed by atoms with Crippen LogP contribution in [-0.4, -0.2) is 77.6 Å². The van der Waals surface area contributed by atoms with Crippen LogP contribution in [0.15, 0.2) is 42.0 Å². The second-order valence-electron chi connectivity index (χ2n) is 8.31. The molecule has 0 unspecified atom stereocenters. The summed E-state index contributed by atoms with van der Waals surface area (Å²) in [6.45, 7) is 7.93. The highest BCUT2D eigenvalue weighted by Crippen LogP contribution is 2.09. The van der Waals surface area contributed by atoms with Crippen molar-refractivity contribution in [1.82, 2.24) is 0 Å². The fourth-order valence-electron chi connectivity index (χ4n) is 3.24. The highest BCUT2D eigenvalue weighted by atomic mass is 32.1. The van der Waals surface area contributed by atoms with Crippen LogP contribution < -0.4 is 0 Å². The Morgan fingerprint density at radius 2 is 1.25 bits per heavy atom. The van der Waals surface area contributed by atoms with Gasteiger partial charge in [-0.25, -0.2) is 0 Å². The summed E-state index contributed by atoms with van der Waals surface area (Å²) in [5, 5.41) is 0. The van der Waals surface area contributed by atoms with Crippen LogP contribution in [0.1, 0.15) is 58.3 Å². The van der Waals surface area contributed by atoms with Crippen LogP contribution in [-0.2, 0) is 28.1 Å². The minimum Gasteiger partial charge on any atom is -0.560 e. The minimum atomic E-state index is 0.496. The van der Waals surface area contributed by atoms with E-state index in [9.17, 15) is 0 Å². The van der Waals surface area contributed by atoms with Crippen molar-refractivity contribution in [3.8, 4) is 0 Å². The monoisotopic (exact) mass is 524 g/mol. The van der Waals surface area contributed by atoms with Gasteiger partial charge in [-0.2, -0.15) is 30.4 Å². The van der Waals surface area contributed by atoms with E-state index in [2.05, 4.69) is 18.9 Å². The smallest absolute Gasteiger partial charge is 0.320 e. The highest BCUT2D eigenvalue weighted by molar-refractivity contribution is 7.80. The van der Waals surface area contributed by atoms with Crippen LogP contribution in [0.5, 0.6) is 0 Å². The Kier molecular flexibility index (Phi) is 24.2. The topological polar surface area (TPSA) is 57.5 Å². The third-order valence-corrected chi connectivity index (χ3v) is 5.54. The van der Waals surface area contributed by atoms with Crippen molar-refractivity contribution in [2.45, 2.75) is 58.3 Å². The molecule has 206 valence electrons. The molecule has 0 heterocycles. The van der Waals surface area contributed by atoms with Crippen molar-refractivity contribution >= 4 is 18.4 Å². The van der Waals surface area contributed by atoms with E-state index >= 15 is 0 Å². The lowest BCUT2D eigenvalue weighted by Crippen LogP contribution is -2.12. The molecular weight excluding hydrogens is 476 g/mol. The molecule has 0 aromatic rings. The van der Waals surface area contributed by atoms with Crippen LogP contribution in [0.25, 0.3) is 0 Å². The van der Waals surface area contributed by atoms with E-state index in [4.69, 9.17) is 28.1 Å². The first-order valence-electron chi connectivity index (χ1n) is 13.5. The lowest BCUT2D eigenvalue weighted by Gasteiger charge is -2.07. The molecule has 0 saturated carbocycles. The molecule has 0 aromatic heterocycles. The number of allylic oxidation sites excluding steroid dienone is 5. The third kappa shape index (κ3) is 21.9. The summed E-state index contributed by atoms with van der Waals surface area (Å²) in [6, 6.07) is 0. The van der Waals surface area contributed by atoms with Gasteiger partial charge in [0.1, 0.15) is 0 Å². The first-order valence-corrected chi connectivity index (χ1v) is 14.2. The molecule has 1 rings (SSSR count). The molecule has 0 N–H and O–H groups in total. The lowest BCUT2D eigenvalue weighted by molar-refractivity contribution is -0.442. The number of carbonyl (C=O) groups excluding carboxylic acids is 1. The number of hydrogen-bond donors (Lipinski definition) is 1. The van der Waals surface area contributed by atoms with Crippen LogP contribution in [0.4, 0.5) is 0 Å². The van der Waals surface area contributed by atoms with Gasteiger partial charge >= 0.3 is 5.78 Å². The van der Waals surface area contributed by atoms with Crippen molar-refractivity contribution < 1.29 is 28.1 Å². The first-order chi connectivity index (χ1) is 17.9. The Bertz CT molecular complexity index is 624. The third-order valence-electron chi connectivity index (χ3n) is 5.23. The maximum absolute atomic E-state index is 5.65. The molecule has 1 aliphatic carbocycles. The van der Waals surface area contributed by atoms with Crippen molar-refractivity contribution in [1.29, 1.82) is 0 Å². The van der Waals surface area contributed by atoms with E-state index in [-0.39, 0.29) is 0 Å². The average Bonchev–Trinajstić information content (AvgIpc) is 2.90. The van der Waals surface area contributed by atoms with Crippen LogP contribution in [0, 0.1) is 6.26 Å². The summed E-state index contributed by atoms with van der Waals surface area (Å²) in [5.74, 6) is 1.83. The average molecular weight is 525 g/mol. The van der Waals surface area contributed by atoms with Gasteiger partial charge in [-0.3, -0.25) is 4.42 Å². The van der Waals surface area contributed by atoms with Gasteiger partial charge in [-0.05, 0) is 37.7 Å². The number of ether oxygens (including phenoxy) is 5. The number of unbranched alkanes of at least 4 members (excludes halogenated alkanes) is 7. The molecule has 36 heavy (non-hydrogen) atoms. The minimum absolute atomic E-state index is 0.496. The van der Waals surface area contributed by atoms with Gasteiger partial charge < -0.3 is 23.7 Å². The molecule has 1 aliphatic rings. The molecule has 0 bridgehead atoms. The summed E-state index contributed by atoms with van der Waals surface area (Å²) in [6.07, 6.45) is 24.7. The van der Waals surface area contributed by atoms with Crippen molar-refractivity contribution in [3.05, 3.63) is 48.3 Å². The fraction of sp³-hybridized carbons (Fsp3) is 0.690. The quantitative estimate of drug-likeness (QED) is 0.0420. The molecule has 0 aromatic carbocycles. The summed E-state index contributed by atoms with van der Waals surface area (Å²) >= 11 is 4.24. The summed E-state index contributed by atoms with van der Waals surface area (Å²) in [7, 11) is 0. The Morgan fingerprint density at radius 1 is 0.694 bits per heavy atom. The zero-order valence-corrected chi connectivity index (χ0v) is 23.2. The molecule has 0 saturated heterocycles. The molecule has 7 heteroatoms. The second-order valence-corrected chi connectivity index (χ2v) is 8.75. The molecule has 0 radical (unpaired) electrons. The molecule has 0 amide bonds. The van der Waals surface area contributed by atoms with Gasteiger partial charge in [0.15, 0.2) is 0 Å². The maximum Gasteiger partial charge on any atom is 0.320 e. The largest absolute Gasteiger partial charge is 0.560 e. The Hall–Kier alpha value is -1.38. The SMILES string of the molecule is CCO[C-]=C1C=CC(=[O+]C/C=C/COCCOCCOCCOCCCCCCCCCCS)C=C1. The number of hydrogen-bond acceptors (Lipinski definition) is 6. The van der Waals surface area contributed by atoms with E-state index in [0.29, 0.717) is 59.5 Å². The summed E-state index contributed by atoms with van der Waals surface area (Å²) < 4.78 is 33.0. The van der Waals surface area contributed by atoms with Crippen LogP contribution in [0.2, 0.25) is 0 Å². The van der Waals surface area contributed by atoms with Crippen molar-refractivity contribution in [3.63, 3.8) is 0 Å². The van der Waals surface area contributed by atoms with Crippen LogP contribution >= 0.6 is 12.6 Å². The lowest BCUT2D eigenvalue weighted by atomic mass is 10.1. The molecule has 0 spiro atoms. The second kappa shape index (κ2) is 26.7. The van der Waals surface area contributed by atoms with Gasteiger partial charge in [-0.15, -0.1) is 0 Å². The zero-order valence-electron chi connectivity index (χ0n) is 22.3. The van der Waals surface area contributed by atoms with Gasteiger partial charge in [0.05, 0.1) is 52.9 Å². The van der Waals surface area contributed by atoms with E-state index in [0.717, 1.165) is 30.1 Å². The van der Waals surface area contributed by atoms with E-state index < -0.39 is 0 Å². The van der Waals surface area contributed by atoms with Gasteiger partial charge in [-0.1, -0.05) is 44.6 Å². The molecule has 0 atom stereocenters. The van der Waals surface area contributed by atoms with E-state index in [1.54, 1.807) is 0 Å². The van der Waals surface area contributed by atoms with Crippen molar-refractivity contribution in [2.75, 3.05) is 71.8 Å². The normalized spacial score (nSPS) is 13.2. The Labute approximate surface area is 224 Å². The molecule has 0 aliphatic heterocycles. The molecular formula is C29H48O6S. The Morgan fingerprint density at radius 3 is 1.86 bits per heavy atom. The van der Waals surface area contributed by atoms with Crippen molar-refractivity contribution in [2.24, 2.45) is 0 Å².